The van der Waals surface area contributed by atoms with Crippen molar-refractivity contribution in [3.8, 4) is 0 Å². The van der Waals surface area contributed by atoms with Crippen molar-refractivity contribution in [1.29, 1.82) is 0 Å². The van der Waals surface area contributed by atoms with Crippen LogP contribution in [0, 0.1) is 0 Å². The Morgan fingerprint density at radius 1 is 1.24 bits per heavy atom. The highest BCUT2D eigenvalue weighted by molar-refractivity contribution is 5.98. The number of hydrogen-bond acceptors (Lipinski definition) is 5. The highest BCUT2D eigenvalue weighted by Crippen LogP contribution is 2.38. The van der Waals surface area contributed by atoms with E-state index in [0.717, 1.165) is 17.0 Å². The van der Waals surface area contributed by atoms with Crippen molar-refractivity contribution in [2.24, 2.45) is 5.73 Å². The molecular formula is C16H18F6N4O3. The number of halogens is 6. The van der Waals surface area contributed by atoms with Gasteiger partial charge < -0.3 is 20.7 Å². The molecule has 162 valence electrons. The van der Waals surface area contributed by atoms with Gasteiger partial charge >= 0.3 is 12.4 Å². The molecule has 1 aromatic rings. The van der Waals surface area contributed by atoms with Crippen molar-refractivity contribution in [3.63, 3.8) is 0 Å². The number of nitrogens with one attached hydrogen (secondary N) is 2. The summed E-state index contributed by atoms with van der Waals surface area (Å²) in [5.41, 5.74) is 3.37. The fraction of sp³-hybridized carbons (Fsp3) is 0.500. The molecule has 2 amide bonds. The van der Waals surface area contributed by atoms with Gasteiger partial charge in [-0.25, -0.2) is 0 Å². The highest BCUT2D eigenvalue weighted by atomic mass is 19.4. The van der Waals surface area contributed by atoms with Crippen LogP contribution in [0.3, 0.4) is 0 Å². The summed E-state index contributed by atoms with van der Waals surface area (Å²) in [4.78, 5) is 24.9. The largest absolute Gasteiger partial charge is 0.418 e. The Kier molecular flexibility index (Phi) is 7.08. The number of benzene rings is 1. The van der Waals surface area contributed by atoms with Crippen molar-refractivity contribution in [1.82, 2.24) is 5.32 Å². The number of ether oxygens (including phenoxy) is 1. The third kappa shape index (κ3) is 6.30. The van der Waals surface area contributed by atoms with Crippen LogP contribution in [0.1, 0.15) is 5.56 Å². The first-order valence-electron chi connectivity index (χ1n) is 8.33. The number of carbonyl (C=O) groups is 2. The molecule has 13 heteroatoms. The summed E-state index contributed by atoms with van der Waals surface area (Å²) < 4.78 is 82.2. The van der Waals surface area contributed by atoms with Gasteiger partial charge in [-0.15, -0.1) is 0 Å². The van der Waals surface area contributed by atoms with E-state index in [1.807, 2.05) is 5.32 Å². The van der Waals surface area contributed by atoms with Gasteiger partial charge in [0.05, 0.1) is 30.4 Å². The molecule has 0 unspecified atom stereocenters. The maximum absolute atomic E-state index is 13.5. The highest BCUT2D eigenvalue weighted by Gasteiger charge is 2.37. The maximum atomic E-state index is 13.5. The monoisotopic (exact) mass is 428 g/mol. The molecule has 1 aliphatic heterocycles. The van der Waals surface area contributed by atoms with Crippen LogP contribution in [-0.4, -0.2) is 56.9 Å². The van der Waals surface area contributed by atoms with Gasteiger partial charge in [0.1, 0.15) is 6.61 Å². The van der Waals surface area contributed by atoms with Crippen LogP contribution in [0.2, 0.25) is 0 Å². The second-order valence-corrected chi connectivity index (χ2v) is 6.10. The Morgan fingerprint density at radius 3 is 2.48 bits per heavy atom. The van der Waals surface area contributed by atoms with E-state index >= 15 is 0 Å². The van der Waals surface area contributed by atoms with Crippen molar-refractivity contribution < 1.29 is 40.7 Å². The lowest BCUT2D eigenvalue weighted by Crippen LogP contribution is -2.48. The van der Waals surface area contributed by atoms with Crippen LogP contribution in [0.25, 0.3) is 0 Å². The summed E-state index contributed by atoms with van der Waals surface area (Å²) in [5.74, 6) is -1.68. The van der Waals surface area contributed by atoms with E-state index in [1.165, 1.54) is 0 Å². The third-order valence-corrected chi connectivity index (χ3v) is 3.95. The number of nitrogens with two attached hydrogens (primary N) is 1. The maximum Gasteiger partial charge on any atom is 0.418 e. The van der Waals surface area contributed by atoms with Crippen LogP contribution in [0.15, 0.2) is 18.2 Å². The molecular weight excluding hydrogens is 410 g/mol. The Labute approximate surface area is 161 Å². The zero-order valence-electron chi connectivity index (χ0n) is 14.9. The lowest BCUT2D eigenvalue weighted by Gasteiger charge is -2.29. The minimum absolute atomic E-state index is 0.0601. The lowest BCUT2D eigenvalue weighted by molar-refractivity contribution is -0.137. The average Bonchev–Trinajstić information content (AvgIpc) is 2.61. The number of morpholine rings is 1. The number of nitrogens with zero attached hydrogens (tertiary/aromatic N) is 1. The molecule has 29 heavy (non-hydrogen) atoms. The van der Waals surface area contributed by atoms with Gasteiger partial charge in [-0.2, -0.15) is 26.3 Å². The smallest absolute Gasteiger partial charge is 0.370 e. The van der Waals surface area contributed by atoms with Gasteiger partial charge in [-0.1, -0.05) is 0 Å². The molecule has 2 rings (SSSR count). The fourth-order valence-electron chi connectivity index (χ4n) is 2.60. The summed E-state index contributed by atoms with van der Waals surface area (Å²) in [7, 11) is 0. The predicted molar refractivity (Wildman–Crippen MR) is 90.1 cm³/mol. The predicted octanol–water partition coefficient (Wildman–Crippen LogP) is 1.49. The van der Waals surface area contributed by atoms with E-state index in [-0.39, 0.29) is 25.4 Å². The van der Waals surface area contributed by atoms with Crippen molar-refractivity contribution >= 4 is 23.2 Å². The van der Waals surface area contributed by atoms with Gasteiger partial charge in [-0.3, -0.25) is 14.9 Å². The molecule has 1 aromatic carbocycles. The Balaban J connectivity index is 2.23. The van der Waals surface area contributed by atoms with E-state index in [2.05, 4.69) is 5.32 Å². The van der Waals surface area contributed by atoms with Crippen LogP contribution in [0.5, 0.6) is 0 Å². The van der Waals surface area contributed by atoms with Crippen LogP contribution in [0.4, 0.5) is 37.7 Å². The minimum atomic E-state index is -4.85. The summed E-state index contributed by atoms with van der Waals surface area (Å²) in [6.07, 6.45) is -9.44. The molecule has 1 aliphatic rings. The van der Waals surface area contributed by atoms with Gasteiger partial charge in [0.25, 0.3) is 5.91 Å². The summed E-state index contributed by atoms with van der Waals surface area (Å²) in [6.45, 7) is -2.38. The third-order valence-electron chi connectivity index (χ3n) is 3.95. The van der Waals surface area contributed by atoms with Crippen molar-refractivity contribution in [2.45, 2.75) is 18.4 Å². The number of alkyl halides is 6. The Hall–Kier alpha value is -2.38. The average molecular weight is 428 g/mol. The van der Waals surface area contributed by atoms with E-state index in [1.54, 1.807) is 0 Å². The van der Waals surface area contributed by atoms with Crippen molar-refractivity contribution in [2.75, 3.05) is 43.1 Å². The second-order valence-electron chi connectivity index (χ2n) is 6.10. The fourth-order valence-corrected chi connectivity index (χ4v) is 2.60. The summed E-state index contributed by atoms with van der Waals surface area (Å²) >= 11 is 0. The molecule has 0 aliphatic carbocycles. The molecule has 0 saturated carbocycles. The van der Waals surface area contributed by atoms with E-state index in [0.29, 0.717) is 6.07 Å². The van der Waals surface area contributed by atoms with Gasteiger partial charge in [0.2, 0.25) is 5.91 Å². The number of anilines is 2. The number of amides is 2. The van der Waals surface area contributed by atoms with Crippen LogP contribution >= 0.6 is 0 Å². The quantitative estimate of drug-likeness (QED) is 0.597. The van der Waals surface area contributed by atoms with Gasteiger partial charge in [-0.05, 0) is 18.2 Å². The van der Waals surface area contributed by atoms with E-state index in [4.69, 9.17) is 10.5 Å². The molecule has 7 nitrogen and oxygen atoms in total. The minimum Gasteiger partial charge on any atom is -0.370 e. The number of carbonyl (C=O) groups excluding carboxylic acids is 2. The zero-order chi connectivity index (χ0) is 21.8. The van der Waals surface area contributed by atoms with Crippen molar-refractivity contribution in [3.05, 3.63) is 23.8 Å². The molecule has 0 bridgehead atoms. The first-order valence-corrected chi connectivity index (χ1v) is 8.33. The molecule has 1 saturated heterocycles. The molecule has 0 radical (unpaired) electrons. The first-order chi connectivity index (χ1) is 13.4. The molecule has 0 spiro atoms. The lowest BCUT2D eigenvalue weighted by atomic mass is 10.1. The van der Waals surface area contributed by atoms with Gasteiger partial charge in [0, 0.05) is 18.8 Å². The molecule has 1 fully saturated rings. The molecule has 1 heterocycles. The number of rotatable bonds is 6. The Bertz CT molecular complexity index is 753. The zero-order valence-corrected chi connectivity index (χ0v) is 14.9. The Morgan fingerprint density at radius 2 is 1.93 bits per heavy atom. The topological polar surface area (TPSA) is 96.7 Å². The van der Waals surface area contributed by atoms with E-state index < -0.39 is 54.5 Å². The summed E-state index contributed by atoms with van der Waals surface area (Å²) in [6, 6.07) is 1.25. The SMILES string of the molecule is NC[C@H](NCC(F)(F)F)C(=O)Nc1ccc(N2CCOCC2=O)c(C(F)(F)F)c1. The second kappa shape index (κ2) is 8.97. The van der Waals surface area contributed by atoms with Gasteiger partial charge in [0.15, 0.2) is 0 Å². The normalized spacial score (nSPS) is 16.7. The molecule has 4 N–H and O–H groups in total. The first kappa shape index (κ1) is 22.9. The molecule has 0 aromatic heterocycles. The van der Waals surface area contributed by atoms with Crippen LogP contribution in [-0.2, 0) is 20.5 Å². The standard InChI is InChI=1S/C16H18F6N4O3/c17-15(18,19)8-24-11(6-23)14(28)25-9-1-2-12(10(5-9)16(20,21)22)26-3-4-29-7-13(26)27/h1-2,5,11,24H,3-4,6-8,23H2,(H,25,28)/t11-/m0/s1. The summed E-state index contributed by atoms with van der Waals surface area (Å²) in [5, 5.41) is 4.00. The van der Waals surface area contributed by atoms with E-state index in [9.17, 15) is 35.9 Å². The van der Waals surface area contributed by atoms with Crippen LogP contribution < -0.4 is 21.3 Å². The molecule has 1 atom stereocenters. The number of hydrogen-bond donors (Lipinski definition) is 3.